The van der Waals surface area contributed by atoms with Crippen LogP contribution < -0.4 is 15.0 Å². The van der Waals surface area contributed by atoms with Gasteiger partial charge in [-0.2, -0.15) is 13.8 Å². The van der Waals surface area contributed by atoms with Gasteiger partial charge in [0.15, 0.2) is 0 Å². The van der Waals surface area contributed by atoms with E-state index >= 15 is 0 Å². The Labute approximate surface area is 203 Å². The first-order valence-electron chi connectivity index (χ1n) is 11.7. The number of nitrogens with zero attached hydrogens (tertiary/aromatic N) is 5. The first-order chi connectivity index (χ1) is 16.6. The number of carbonyl (C=O) groups excluding carboxylic acids is 2. The SMILES string of the molecule is CC(=O)N1CCN(c2nc(N[C@H](C)c3ccc(OC(F)F)cc3)c3c(n2)C(=O)N(C(C)C)C3)CC1. The molecule has 188 valence electrons. The summed E-state index contributed by atoms with van der Waals surface area (Å²) in [5.74, 6) is 0.995. The molecule has 1 atom stereocenters. The minimum Gasteiger partial charge on any atom is -0.435 e. The topological polar surface area (TPSA) is 90.9 Å². The molecule has 1 aromatic heterocycles. The van der Waals surface area contributed by atoms with Crippen molar-refractivity contribution >= 4 is 23.6 Å². The Bertz CT molecular complexity index is 1090. The summed E-state index contributed by atoms with van der Waals surface area (Å²) in [7, 11) is 0. The van der Waals surface area contributed by atoms with Crippen LogP contribution in [0.5, 0.6) is 5.75 Å². The molecule has 1 N–H and O–H groups in total. The minimum atomic E-state index is -2.88. The molecule has 2 aliphatic heterocycles. The molecule has 0 bridgehead atoms. The van der Waals surface area contributed by atoms with Crippen LogP contribution in [0.25, 0.3) is 0 Å². The van der Waals surface area contributed by atoms with E-state index in [1.807, 2.05) is 25.7 Å². The second kappa shape index (κ2) is 10.0. The maximum absolute atomic E-state index is 13.1. The summed E-state index contributed by atoms with van der Waals surface area (Å²) in [6.45, 7) is 7.19. The third kappa shape index (κ3) is 5.28. The van der Waals surface area contributed by atoms with Gasteiger partial charge in [-0.05, 0) is 38.5 Å². The molecule has 1 saturated heterocycles. The molecule has 1 aromatic carbocycles. The lowest BCUT2D eigenvalue weighted by molar-refractivity contribution is -0.129. The van der Waals surface area contributed by atoms with Gasteiger partial charge in [-0.3, -0.25) is 9.59 Å². The van der Waals surface area contributed by atoms with Gasteiger partial charge in [0.05, 0.1) is 6.54 Å². The van der Waals surface area contributed by atoms with Crippen molar-refractivity contribution in [1.29, 1.82) is 0 Å². The van der Waals surface area contributed by atoms with Gasteiger partial charge in [0.25, 0.3) is 5.91 Å². The summed E-state index contributed by atoms with van der Waals surface area (Å²) in [5.41, 5.74) is 1.97. The Morgan fingerprint density at radius 2 is 1.71 bits per heavy atom. The predicted octanol–water partition coefficient (Wildman–Crippen LogP) is 3.28. The van der Waals surface area contributed by atoms with Gasteiger partial charge < -0.3 is 24.8 Å². The molecular formula is C24H30F2N6O3. The van der Waals surface area contributed by atoms with Crippen LogP contribution in [0.3, 0.4) is 0 Å². The van der Waals surface area contributed by atoms with E-state index in [2.05, 4.69) is 15.0 Å². The van der Waals surface area contributed by atoms with E-state index in [0.717, 1.165) is 11.1 Å². The average Bonchev–Trinajstić information content (AvgIpc) is 3.16. The molecule has 1 fully saturated rings. The number of carbonyl (C=O) groups is 2. The van der Waals surface area contributed by atoms with E-state index in [-0.39, 0.29) is 29.6 Å². The van der Waals surface area contributed by atoms with Crippen LogP contribution in [0.1, 0.15) is 55.4 Å². The monoisotopic (exact) mass is 488 g/mol. The highest BCUT2D eigenvalue weighted by atomic mass is 19.3. The van der Waals surface area contributed by atoms with Gasteiger partial charge in [-0.25, -0.2) is 4.98 Å². The fraction of sp³-hybridized carbons (Fsp3) is 0.500. The molecule has 0 radical (unpaired) electrons. The zero-order chi connectivity index (χ0) is 25.3. The largest absolute Gasteiger partial charge is 0.435 e. The summed E-state index contributed by atoms with van der Waals surface area (Å²) < 4.78 is 29.4. The quantitative estimate of drug-likeness (QED) is 0.640. The number of amides is 2. The van der Waals surface area contributed by atoms with Crippen molar-refractivity contribution < 1.29 is 23.1 Å². The second-order valence-corrected chi connectivity index (χ2v) is 9.03. The summed E-state index contributed by atoms with van der Waals surface area (Å²) in [5, 5.41) is 3.40. The smallest absolute Gasteiger partial charge is 0.387 e. The summed E-state index contributed by atoms with van der Waals surface area (Å²) in [4.78, 5) is 39.7. The van der Waals surface area contributed by atoms with Crippen molar-refractivity contribution in [3.05, 3.63) is 41.1 Å². The summed E-state index contributed by atoms with van der Waals surface area (Å²) >= 11 is 0. The lowest BCUT2D eigenvalue weighted by Crippen LogP contribution is -2.48. The fourth-order valence-corrected chi connectivity index (χ4v) is 4.30. The number of hydrogen-bond acceptors (Lipinski definition) is 7. The number of nitrogens with one attached hydrogen (secondary N) is 1. The molecule has 11 heteroatoms. The van der Waals surface area contributed by atoms with Crippen LogP contribution >= 0.6 is 0 Å². The second-order valence-electron chi connectivity index (χ2n) is 9.03. The first kappa shape index (κ1) is 24.6. The van der Waals surface area contributed by atoms with E-state index in [1.165, 1.54) is 12.1 Å². The Morgan fingerprint density at radius 3 is 2.29 bits per heavy atom. The maximum atomic E-state index is 13.1. The van der Waals surface area contributed by atoms with Crippen molar-refractivity contribution in [1.82, 2.24) is 19.8 Å². The normalized spacial score (nSPS) is 16.7. The zero-order valence-corrected chi connectivity index (χ0v) is 20.3. The van der Waals surface area contributed by atoms with Crippen LogP contribution in [-0.4, -0.2) is 70.4 Å². The Balaban J connectivity index is 1.61. The first-order valence-corrected chi connectivity index (χ1v) is 11.7. The van der Waals surface area contributed by atoms with Crippen molar-refractivity contribution in [3.8, 4) is 5.75 Å². The molecule has 0 aliphatic carbocycles. The third-order valence-electron chi connectivity index (χ3n) is 6.38. The van der Waals surface area contributed by atoms with Crippen molar-refractivity contribution in [3.63, 3.8) is 0 Å². The molecule has 0 saturated carbocycles. The molecule has 0 unspecified atom stereocenters. The number of alkyl halides is 2. The van der Waals surface area contributed by atoms with Gasteiger partial charge in [0, 0.05) is 50.7 Å². The highest BCUT2D eigenvalue weighted by Gasteiger charge is 2.35. The Kier molecular flexibility index (Phi) is 7.04. The number of aromatic nitrogens is 2. The van der Waals surface area contributed by atoms with Gasteiger partial charge in [-0.15, -0.1) is 0 Å². The van der Waals surface area contributed by atoms with Crippen LogP contribution in [-0.2, 0) is 11.3 Å². The number of rotatable bonds is 7. The average molecular weight is 489 g/mol. The molecule has 3 heterocycles. The number of anilines is 2. The number of benzene rings is 1. The standard InChI is InChI=1S/C24H30F2N6O3/c1-14(2)32-13-19-20(22(32)34)28-24(31-11-9-30(10-12-31)16(4)33)29-21(19)27-15(3)17-5-7-18(8-6-17)35-23(25)26/h5-8,14-15,23H,9-13H2,1-4H3,(H,27,28,29)/t15-/m1/s1. The number of ether oxygens (including phenoxy) is 1. The molecule has 0 spiro atoms. The molecule has 2 aliphatic rings. The number of fused-ring (bicyclic) bond motifs is 1. The Morgan fingerprint density at radius 1 is 1.06 bits per heavy atom. The molecule has 2 aromatic rings. The van der Waals surface area contributed by atoms with Crippen molar-refractivity contribution in [2.24, 2.45) is 0 Å². The summed E-state index contributed by atoms with van der Waals surface area (Å²) in [6, 6.07) is 6.20. The van der Waals surface area contributed by atoms with E-state index < -0.39 is 6.61 Å². The summed E-state index contributed by atoms with van der Waals surface area (Å²) in [6.07, 6.45) is 0. The number of halogens is 2. The lowest BCUT2D eigenvalue weighted by Gasteiger charge is -2.34. The van der Waals surface area contributed by atoms with E-state index in [4.69, 9.17) is 4.98 Å². The predicted molar refractivity (Wildman–Crippen MR) is 127 cm³/mol. The lowest BCUT2D eigenvalue weighted by atomic mass is 10.1. The van der Waals surface area contributed by atoms with Crippen LogP contribution in [0.2, 0.25) is 0 Å². The van der Waals surface area contributed by atoms with Crippen LogP contribution in [0.15, 0.2) is 24.3 Å². The van der Waals surface area contributed by atoms with Gasteiger partial charge in [0.2, 0.25) is 11.9 Å². The highest BCUT2D eigenvalue weighted by Crippen LogP contribution is 2.33. The van der Waals surface area contributed by atoms with E-state index in [0.29, 0.717) is 50.2 Å². The molecule has 4 rings (SSSR count). The number of hydrogen-bond donors (Lipinski definition) is 1. The van der Waals surface area contributed by atoms with E-state index in [1.54, 1.807) is 28.9 Å². The van der Waals surface area contributed by atoms with Crippen LogP contribution in [0, 0.1) is 0 Å². The fourth-order valence-electron chi connectivity index (χ4n) is 4.30. The Hall–Kier alpha value is -3.50. The van der Waals surface area contributed by atoms with Gasteiger partial charge in [0.1, 0.15) is 17.3 Å². The maximum Gasteiger partial charge on any atom is 0.387 e. The minimum absolute atomic E-state index is 0.00640. The molecular weight excluding hydrogens is 458 g/mol. The van der Waals surface area contributed by atoms with E-state index in [9.17, 15) is 18.4 Å². The molecule has 9 nitrogen and oxygen atoms in total. The molecule has 2 amide bonds. The van der Waals surface area contributed by atoms with Crippen LogP contribution in [0.4, 0.5) is 20.5 Å². The van der Waals surface area contributed by atoms with Gasteiger partial charge in [-0.1, -0.05) is 12.1 Å². The zero-order valence-electron chi connectivity index (χ0n) is 20.3. The van der Waals surface area contributed by atoms with Gasteiger partial charge >= 0.3 is 6.61 Å². The number of piperazine rings is 1. The third-order valence-corrected chi connectivity index (χ3v) is 6.38. The van der Waals surface area contributed by atoms with Crippen molar-refractivity contribution in [2.75, 3.05) is 36.4 Å². The van der Waals surface area contributed by atoms with Crippen molar-refractivity contribution in [2.45, 2.75) is 52.9 Å². The molecule has 35 heavy (non-hydrogen) atoms. The highest BCUT2D eigenvalue weighted by molar-refractivity contribution is 5.98.